The molecule has 1 saturated heterocycles. The Morgan fingerprint density at radius 3 is 2.41 bits per heavy atom. The number of carboxylic acid groups (broad SMARTS) is 1. The van der Waals surface area contributed by atoms with Crippen molar-refractivity contribution in [2.24, 2.45) is 0 Å². The Balaban J connectivity index is 1.55. The summed E-state index contributed by atoms with van der Waals surface area (Å²) in [6.07, 6.45) is 0.918. The largest absolute Gasteiger partial charge is 0.481 e. The molecule has 1 fully saturated rings. The van der Waals surface area contributed by atoms with Crippen LogP contribution in [0.25, 0.3) is 0 Å². The number of amides is 1. The van der Waals surface area contributed by atoms with Gasteiger partial charge in [0.15, 0.2) is 0 Å². The van der Waals surface area contributed by atoms with Gasteiger partial charge in [0.25, 0.3) is 0 Å². The van der Waals surface area contributed by atoms with E-state index in [1.807, 2.05) is 41.3 Å². The third kappa shape index (κ3) is 4.53. The molecule has 1 amide bonds. The minimum atomic E-state index is -0.882. The second kappa shape index (κ2) is 8.61. The fraction of sp³-hybridized carbons (Fsp3) is 0.364. The Morgan fingerprint density at radius 1 is 1.07 bits per heavy atom. The maximum absolute atomic E-state index is 12.5. The molecule has 5 heteroatoms. The summed E-state index contributed by atoms with van der Waals surface area (Å²) in [4.78, 5) is 26.3. The van der Waals surface area contributed by atoms with E-state index in [4.69, 9.17) is 0 Å². The number of hydrogen-bond donors (Lipinski definition) is 1. The van der Waals surface area contributed by atoms with Gasteiger partial charge in [-0.1, -0.05) is 60.2 Å². The van der Waals surface area contributed by atoms with Gasteiger partial charge in [-0.25, -0.2) is 0 Å². The minimum Gasteiger partial charge on any atom is -0.481 e. The van der Waals surface area contributed by atoms with Gasteiger partial charge in [0.2, 0.25) is 5.91 Å². The van der Waals surface area contributed by atoms with E-state index in [1.54, 1.807) is 11.8 Å². The van der Waals surface area contributed by atoms with Gasteiger partial charge in [-0.05, 0) is 30.9 Å². The number of carbonyl (C=O) groups excluding carboxylic acids is 1. The predicted molar refractivity (Wildman–Crippen MR) is 109 cm³/mol. The lowest BCUT2D eigenvalue weighted by Crippen LogP contribution is -2.49. The number of aliphatic carboxylic acids is 1. The van der Waals surface area contributed by atoms with Gasteiger partial charge < -0.3 is 10.0 Å². The highest BCUT2D eigenvalue weighted by molar-refractivity contribution is 7.99. The second-order valence-corrected chi connectivity index (χ2v) is 8.10. The monoisotopic (exact) mass is 383 g/mol. The van der Waals surface area contributed by atoms with Gasteiger partial charge in [0.1, 0.15) is 0 Å². The topological polar surface area (TPSA) is 57.6 Å². The fourth-order valence-corrected chi connectivity index (χ4v) is 4.54. The number of piperidine rings is 1. The highest BCUT2D eigenvalue weighted by Crippen LogP contribution is 2.36. The molecule has 0 radical (unpaired) electrons. The van der Waals surface area contributed by atoms with E-state index in [0.717, 1.165) is 11.3 Å². The molecule has 0 unspecified atom stereocenters. The molecule has 1 N–H and O–H groups in total. The number of aryl methyl sites for hydroxylation is 1. The van der Waals surface area contributed by atoms with Crippen LogP contribution in [-0.2, 0) is 20.8 Å². The van der Waals surface area contributed by atoms with E-state index < -0.39 is 11.4 Å². The van der Waals surface area contributed by atoms with Gasteiger partial charge in [-0.2, -0.15) is 0 Å². The minimum absolute atomic E-state index is 0.0969. The van der Waals surface area contributed by atoms with Gasteiger partial charge in [0, 0.05) is 18.8 Å². The average Bonchev–Trinajstić information content (AvgIpc) is 2.68. The van der Waals surface area contributed by atoms with Crippen LogP contribution in [0.4, 0.5) is 0 Å². The Hall–Kier alpha value is -2.27. The Labute approximate surface area is 164 Å². The number of hydrogen-bond acceptors (Lipinski definition) is 3. The van der Waals surface area contributed by atoms with Crippen molar-refractivity contribution in [3.63, 3.8) is 0 Å². The van der Waals surface area contributed by atoms with Crippen LogP contribution in [0.15, 0.2) is 54.6 Å². The molecule has 3 rings (SSSR count). The highest BCUT2D eigenvalue weighted by Gasteiger charge is 2.43. The molecule has 1 heterocycles. The molecule has 0 saturated carbocycles. The van der Waals surface area contributed by atoms with Crippen molar-refractivity contribution >= 4 is 23.6 Å². The molecule has 0 atom stereocenters. The standard InChI is InChI=1S/C22H25NO3S/c1-17-6-5-7-18(14-17)15-27-16-20(24)23-12-10-22(11-13-23,21(25)26)19-8-3-2-4-9-19/h2-9,14H,10-13,15-16H2,1H3,(H,25,26). The number of nitrogens with zero attached hydrogens (tertiary/aromatic N) is 1. The first-order chi connectivity index (χ1) is 13.0. The lowest BCUT2D eigenvalue weighted by molar-refractivity contribution is -0.147. The van der Waals surface area contributed by atoms with E-state index in [9.17, 15) is 14.7 Å². The molecule has 2 aromatic rings. The summed E-state index contributed by atoms with van der Waals surface area (Å²) in [5.41, 5.74) is 2.40. The van der Waals surface area contributed by atoms with Crippen LogP contribution >= 0.6 is 11.8 Å². The van der Waals surface area contributed by atoms with Crippen LogP contribution in [0.1, 0.15) is 29.5 Å². The molecule has 0 spiro atoms. The van der Waals surface area contributed by atoms with Crippen molar-refractivity contribution in [1.82, 2.24) is 4.90 Å². The van der Waals surface area contributed by atoms with Crippen molar-refractivity contribution in [2.45, 2.75) is 30.9 Å². The average molecular weight is 384 g/mol. The second-order valence-electron chi connectivity index (χ2n) is 7.12. The first-order valence-corrected chi connectivity index (χ1v) is 10.4. The molecule has 1 aliphatic heterocycles. The van der Waals surface area contributed by atoms with E-state index in [2.05, 4.69) is 25.1 Å². The van der Waals surface area contributed by atoms with Gasteiger partial charge in [0.05, 0.1) is 11.2 Å². The summed E-state index contributed by atoms with van der Waals surface area (Å²) >= 11 is 1.61. The SMILES string of the molecule is Cc1cccc(CSCC(=O)N2CCC(C(=O)O)(c3ccccc3)CC2)c1. The molecule has 0 bridgehead atoms. The van der Waals surface area contributed by atoms with E-state index in [0.29, 0.717) is 31.7 Å². The lowest BCUT2D eigenvalue weighted by atomic mass is 9.73. The molecule has 0 aromatic heterocycles. The zero-order chi connectivity index (χ0) is 19.3. The van der Waals surface area contributed by atoms with Gasteiger partial charge >= 0.3 is 5.97 Å². The molecular formula is C22H25NO3S. The number of benzene rings is 2. The van der Waals surface area contributed by atoms with Crippen LogP contribution in [0.5, 0.6) is 0 Å². The van der Waals surface area contributed by atoms with E-state index in [-0.39, 0.29) is 5.91 Å². The number of carbonyl (C=O) groups is 2. The predicted octanol–water partition coefficient (Wildman–Crippen LogP) is 3.87. The first kappa shape index (κ1) is 19.5. The maximum Gasteiger partial charge on any atom is 0.314 e. The molecular weight excluding hydrogens is 358 g/mol. The summed E-state index contributed by atoms with van der Waals surface area (Å²) in [6, 6.07) is 17.7. The zero-order valence-corrected chi connectivity index (χ0v) is 16.4. The van der Waals surface area contributed by atoms with Crippen LogP contribution in [-0.4, -0.2) is 40.7 Å². The van der Waals surface area contributed by atoms with E-state index in [1.165, 1.54) is 11.1 Å². The number of rotatable bonds is 6. The van der Waals surface area contributed by atoms with Crippen LogP contribution in [0, 0.1) is 6.92 Å². The Kier molecular flexibility index (Phi) is 6.22. The summed E-state index contributed by atoms with van der Waals surface area (Å²) in [5.74, 6) is 0.540. The molecule has 4 nitrogen and oxygen atoms in total. The maximum atomic E-state index is 12.5. The smallest absolute Gasteiger partial charge is 0.314 e. The summed E-state index contributed by atoms with van der Waals surface area (Å²) in [6.45, 7) is 3.05. The Morgan fingerprint density at radius 2 is 1.78 bits per heavy atom. The number of likely N-dealkylation sites (tertiary alicyclic amines) is 1. The summed E-state index contributed by atoms with van der Waals surface area (Å²) in [7, 11) is 0. The van der Waals surface area contributed by atoms with Gasteiger partial charge in [-0.3, -0.25) is 9.59 Å². The van der Waals surface area contributed by atoms with Crippen LogP contribution in [0.3, 0.4) is 0 Å². The summed E-state index contributed by atoms with van der Waals surface area (Å²) < 4.78 is 0. The van der Waals surface area contributed by atoms with Crippen LogP contribution < -0.4 is 0 Å². The lowest BCUT2D eigenvalue weighted by Gasteiger charge is -2.39. The fourth-order valence-electron chi connectivity index (χ4n) is 3.67. The zero-order valence-electron chi connectivity index (χ0n) is 15.6. The number of thioether (sulfide) groups is 1. The highest BCUT2D eigenvalue weighted by atomic mass is 32.2. The third-order valence-electron chi connectivity index (χ3n) is 5.28. The van der Waals surface area contributed by atoms with Crippen molar-refractivity contribution < 1.29 is 14.7 Å². The first-order valence-electron chi connectivity index (χ1n) is 9.21. The molecule has 142 valence electrons. The quantitative estimate of drug-likeness (QED) is 0.823. The molecule has 27 heavy (non-hydrogen) atoms. The number of carboxylic acids is 1. The van der Waals surface area contributed by atoms with Crippen LogP contribution in [0.2, 0.25) is 0 Å². The Bertz CT molecular complexity index is 798. The molecule has 0 aliphatic carbocycles. The normalized spacial score (nSPS) is 16.1. The van der Waals surface area contributed by atoms with Crippen molar-refractivity contribution in [3.8, 4) is 0 Å². The van der Waals surface area contributed by atoms with Gasteiger partial charge in [-0.15, -0.1) is 11.8 Å². The third-order valence-corrected chi connectivity index (χ3v) is 6.27. The van der Waals surface area contributed by atoms with Crippen molar-refractivity contribution in [3.05, 3.63) is 71.3 Å². The summed E-state index contributed by atoms with van der Waals surface area (Å²) in [5, 5.41) is 9.85. The molecule has 2 aromatic carbocycles. The van der Waals surface area contributed by atoms with Crippen molar-refractivity contribution in [2.75, 3.05) is 18.8 Å². The van der Waals surface area contributed by atoms with E-state index >= 15 is 0 Å². The molecule has 1 aliphatic rings. The van der Waals surface area contributed by atoms with Crippen molar-refractivity contribution in [1.29, 1.82) is 0 Å².